The molecule has 2 aliphatic rings. The molecule has 2 fully saturated rings. The van der Waals surface area contributed by atoms with Gasteiger partial charge in [-0.05, 0) is 13.8 Å². The van der Waals surface area contributed by atoms with Crippen LogP contribution in [0.4, 0.5) is 0 Å². The lowest BCUT2D eigenvalue weighted by molar-refractivity contribution is -0.168. The lowest BCUT2D eigenvalue weighted by Gasteiger charge is -2.20. The maximum Gasteiger partial charge on any atom is 0.309 e. The van der Waals surface area contributed by atoms with Crippen molar-refractivity contribution in [2.45, 2.75) is 38.9 Å². The zero-order chi connectivity index (χ0) is 9.14. The highest BCUT2D eigenvalue weighted by molar-refractivity contribution is 5.75. The van der Waals surface area contributed by atoms with Crippen molar-refractivity contribution in [3.05, 3.63) is 0 Å². The van der Waals surface area contributed by atoms with Crippen LogP contribution in [0.3, 0.4) is 0 Å². The van der Waals surface area contributed by atoms with Crippen LogP contribution in [-0.4, -0.2) is 24.1 Å². The molecular weight excluding hydrogens is 160 g/mol. The molecule has 0 unspecified atom stereocenters. The molecule has 0 saturated carbocycles. The van der Waals surface area contributed by atoms with Crippen LogP contribution in [0.25, 0.3) is 0 Å². The summed E-state index contributed by atoms with van der Waals surface area (Å²) in [6, 6.07) is 0. The SMILES string of the molecule is C[C@H]1CC(=O)O1.C[C@H]1CC(=O)O1. The normalized spacial score (nSPS) is 31.5. The predicted octanol–water partition coefficient (Wildman–Crippen LogP) is 0.644. The fourth-order valence-electron chi connectivity index (χ4n) is 0.899. The second-order valence-corrected chi connectivity index (χ2v) is 3.01. The van der Waals surface area contributed by atoms with Crippen LogP contribution < -0.4 is 0 Å². The van der Waals surface area contributed by atoms with Gasteiger partial charge in [-0.15, -0.1) is 0 Å². The third-order valence-corrected chi connectivity index (χ3v) is 1.57. The Morgan fingerprint density at radius 3 is 1.25 bits per heavy atom. The molecule has 68 valence electrons. The van der Waals surface area contributed by atoms with E-state index in [1.165, 1.54) is 0 Å². The van der Waals surface area contributed by atoms with Crippen LogP contribution in [0.5, 0.6) is 0 Å². The largest absolute Gasteiger partial charge is 0.462 e. The van der Waals surface area contributed by atoms with E-state index in [0.29, 0.717) is 12.8 Å². The first kappa shape index (κ1) is 9.03. The summed E-state index contributed by atoms with van der Waals surface area (Å²) in [5.74, 6) is -0.134. The van der Waals surface area contributed by atoms with E-state index in [1.54, 1.807) is 0 Å². The summed E-state index contributed by atoms with van der Waals surface area (Å²) < 4.78 is 9.00. The van der Waals surface area contributed by atoms with E-state index in [-0.39, 0.29) is 24.1 Å². The minimum atomic E-state index is -0.0671. The Labute approximate surface area is 70.8 Å². The Bertz CT molecular complexity index is 161. The molecule has 4 heteroatoms. The molecule has 0 aromatic heterocycles. The van der Waals surface area contributed by atoms with Crippen molar-refractivity contribution in [3.63, 3.8) is 0 Å². The van der Waals surface area contributed by atoms with Crippen molar-refractivity contribution in [2.75, 3.05) is 0 Å². The third-order valence-electron chi connectivity index (χ3n) is 1.57. The third kappa shape index (κ3) is 2.53. The zero-order valence-electron chi connectivity index (χ0n) is 7.20. The molecule has 0 aliphatic carbocycles. The first-order valence-electron chi connectivity index (χ1n) is 3.97. The van der Waals surface area contributed by atoms with Crippen molar-refractivity contribution in [2.24, 2.45) is 0 Å². The molecule has 0 amide bonds. The fraction of sp³-hybridized carbons (Fsp3) is 0.750. The van der Waals surface area contributed by atoms with E-state index in [2.05, 4.69) is 9.47 Å². The highest BCUT2D eigenvalue weighted by Crippen LogP contribution is 2.10. The first-order valence-corrected chi connectivity index (χ1v) is 3.97. The van der Waals surface area contributed by atoms with Crippen LogP contribution >= 0.6 is 0 Å². The maximum atomic E-state index is 9.89. The summed E-state index contributed by atoms with van der Waals surface area (Å²) in [7, 11) is 0. The fourth-order valence-corrected chi connectivity index (χ4v) is 0.899. The van der Waals surface area contributed by atoms with Gasteiger partial charge in [-0.3, -0.25) is 9.59 Å². The summed E-state index contributed by atoms with van der Waals surface area (Å²) in [4.78, 5) is 19.8. The maximum absolute atomic E-state index is 9.89. The van der Waals surface area contributed by atoms with Gasteiger partial charge < -0.3 is 9.47 Å². The second kappa shape index (κ2) is 3.56. The predicted molar refractivity (Wildman–Crippen MR) is 40.3 cm³/mol. The molecule has 2 rings (SSSR count). The van der Waals surface area contributed by atoms with Gasteiger partial charge >= 0.3 is 11.9 Å². The number of carbonyl (C=O) groups is 2. The molecule has 2 saturated heterocycles. The Morgan fingerprint density at radius 2 is 1.25 bits per heavy atom. The molecule has 0 aromatic carbocycles. The van der Waals surface area contributed by atoms with Gasteiger partial charge in [0.25, 0.3) is 0 Å². The summed E-state index contributed by atoms with van der Waals surface area (Å²) in [5, 5.41) is 0. The van der Waals surface area contributed by atoms with E-state index in [0.717, 1.165) is 0 Å². The summed E-state index contributed by atoms with van der Waals surface area (Å²) >= 11 is 0. The first-order chi connectivity index (χ1) is 5.58. The molecule has 0 spiro atoms. The Morgan fingerprint density at radius 1 is 1.00 bits per heavy atom. The lowest BCUT2D eigenvalue weighted by Crippen LogP contribution is -2.29. The molecule has 4 nitrogen and oxygen atoms in total. The highest BCUT2D eigenvalue weighted by Gasteiger charge is 2.22. The summed E-state index contributed by atoms with van der Waals surface area (Å²) in [5.41, 5.74) is 0. The standard InChI is InChI=1S/2C4H6O2/c2*1-3-2-4(5)6-3/h2*3H,2H2,1H3/t2*3-/m00/s1. The zero-order valence-corrected chi connectivity index (χ0v) is 7.20. The number of hydrogen-bond donors (Lipinski definition) is 0. The minimum Gasteiger partial charge on any atom is -0.462 e. The number of rotatable bonds is 0. The van der Waals surface area contributed by atoms with Crippen molar-refractivity contribution in [3.8, 4) is 0 Å². The number of carbonyl (C=O) groups excluding carboxylic acids is 2. The Balaban J connectivity index is 0.000000120. The average molecular weight is 172 g/mol. The van der Waals surface area contributed by atoms with Crippen LogP contribution in [0.1, 0.15) is 26.7 Å². The van der Waals surface area contributed by atoms with E-state index >= 15 is 0 Å². The molecule has 0 bridgehead atoms. The second-order valence-electron chi connectivity index (χ2n) is 3.01. The van der Waals surface area contributed by atoms with Gasteiger partial charge in [-0.1, -0.05) is 0 Å². The van der Waals surface area contributed by atoms with Crippen LogP contribution in [0.15, 0.2) is 0 Å². The van der Waals surface area contributed by atoms with Crippen molar-refractivity contribution in [1.82, 2.24) is 0 Å². The number of cyclic esters (lactones) is 2. The van der Waals surface area contributed by atoms with Crippen molar-refractivity contribution >= 4 is 11.9 Å². The summed E-state index contributed by atoms with van der Waals surface area (Å²) in [6.07, 6.45) is 1.61. The van der Waals surface area contributed by atoms with Gasteiger partial charge in [-0.25, -0.2) is 0 Å². The smallest absolute Gasteiger partial charge is 0.309 e. The molecule has 0 aromatic rings. The van der Waals surface area contributed by atoms with Gasteiger partial charge in [0.05, 0.1) is 12.8 Å². The molecular formula is C8H12O4. The van der Waals surface area contributed by atoms with Gasteiger partial charge in [0.15, 0.2) is 0 Å². The Hall–Kier alpha value is -1.06. The number of hydrogen-bond acceptors (Lipinski definition) is 4. The van der Waals surface area contributed by atoms with Crippen LogP contribution in [-0.2, 0) is 19.1 Å². The van der Waals surface area contributed by atoms with Crippen molar-refractivity contribution in [1.29, 1.82) is 0 Å². The molecule has 2 aliphatic heterocycles. The van der Waals surface area contributed by atoms with Gasteiger partial charge in [0.1, 0.15) is 12.2 Å². The van der Waals surface area contributed by atoms with E-state index in [4.69, 9.17) is 0 Å². The number of ether oxygens (including phenoxy) is 2. The topological polar surface area (TPSA) is 52.6 Å². The Kier molecular flexibility index (Phi) is 2.68. The molecule has 2 atom stereocenters. The van der Waals surface area contributed by atoms with E-state index in [9.17, 15) is 9.59 Å². The van der Waals surface area contributed by atoms with Crippen LogP contribution in [0.2, 0.25) is 0 Å². The minimum absolute atomic E-state index is 0.0671. The molecule has 0 radical (unpaired) electrons. The number of esters is 2. The molecule has 12 heavy (non-hydrogen) atoms. The average Bonchev–Trinajstić information content (AvgIpc) is 1.84. The van der Waals surface area contributed by atoms with Gasteiger partial charge in [-0.2, -0.15) is 0 Å². The van der Waals surface area contributed by atoms with E-state index in [1.807, 2.05) is 13.8 Å². The van der Waals surface area contributed by atoms with Gasteiger partial charge in [0, 0.05) is 0 Å². The summed E-state index contributed by atoms with van der Waals surface area (Å²) in [6.45, 7) is 3.75. The van der Waals surface area contributed by atoms with E-state index < -0.39 is 0 Å². The van der Waals surface area contributed by atoms with Crippen LogP contribution in [0, 0.1) is 0 Å². The highest BCUT2D eigenvalue weighted by atomic mass is 16.6. The molecule has 0 N–H and O–H groups in total. The van der Waals surface area contributed by atoms with Crippen molar-refractivity contribution < 1.29 is 19.1 Å². The lowest BCUT2D eigenvalue weighted by atomic mass is 10.2. The monoisotopic (exact) mass is 172 g/mol. The quantitative estimate of drug-likeness (QED) is 0.503. The van der Waals surface area contributed by atoms with Gasteiger partial charge in [0.2, 0.25) is 0 Å². The molecule has 2 heterocycles.